The SMILES string of the molecule is COc1ccc(C2(CN)CCCC2)cc1[N+](=O)[O-].COc1ccc(C2(CN3CCOCC3)CCCC2)cc1N.COc1ccc(C2(CN3CCOCC3)CCCC2)cc1[N+](=O)[O-].Cc1ccc(S(=O)(=O)OCCOCCCl)cc1.OCCOCCCl. The summed E-state index contributed by atoms with van der Waals surface area (Å²) in [5, 5.41) is 30.5. The number of hydrogen-bond acceptors (Lipinski definition) is 19. The number of morpholine rings is 2. The van der Waals surface area contributed by atoms with Crippen molar-refractivity contribution in [2.45, 2.75) is 105 Å². The van der Waals surface area contributed by atoms with Gasteiger partial charge in [0.25, 0.3) is 10.1 Å². The van der Waals surface area contributed by atoms with Crippen LogP contribution in [0.5, 0.6) is 17.2 Å². The van der Waals surface area contributed by atoms with E-state index in [1.165, 1.54) is 70.4 Å². The zero-order valence-electron chi connectivity index (χ0n) is 50.7. The van der Waals surface area contributed by atoms with E-state index in [2.05, 4.69) is 21.9 Å². The van der Waals surface area contributed by atoms with E-state index in [1.54, 1.807) is 43.5 Å². The molecule has 0 aromatic heterocycles. The molecule has 3 aliphatic carbocycles. The van der Waals surface area contributed by atoms with Crippen molar-refractivity contribution in [1.29, 1.82) is 0 Å². The van der Waals surface area contributed by atoms with Gasteiger partial charge in [-0.05, 0) is 98.5 Å². The first-order valence-electron chi connectivity index (χ1n) is 29.7. The van der Waals surface area contributed by atoms with Gasteiger partial charge in [0.1, 0.15) is 5.75 Å². The van der Waals surface area contributed by atoms with Gasteiger partial charge in [-0.25, -0.2) is 0 Å². The van der Waals surface area contributed by atoms with E-state index in [1.807, 2.05) is 25.1 Å². The monoisotopic (exact) mass is 1260 g/mol. The Morgan fingerprint density at radius 3 is 1.36 bits per heavy atom. The van der Waals surface area contributed by atoms with Gasteiger partial charge >= 0.3 is 11.4 Å². The third kappa shape index (κ3) is 21.4. The highest BCUT2D eigenvalue weighted by Crippen LogP contribution is 2.46. The average molecular weight is 1260 g/mol. The summed E-state index contributed by atoms with van der Waals surface area (Å²) in [6, 6.07) is 23.5. The predicted octanol–water partition coefficient (Wildman–Crippen LogP) is 9.73. The molecule has 0 unspecified atom stereocenters. The minimum absolute atomic E-state index is 0.00685. The number of rotatable bonds is 24. The molecule has 480 valence electrons. The maximum absolute atomic E-state index is 11.7. The molecule has 5 aliphatic rings. The largest absolute Gasteiger partial charge is 0.495 e. The minimum atomic E-state index is -3.68. The second kappa shape index (κ2) is 37.1. The molecule has 0 atom stereocenters. The Labute approximate surface area is 518 Å². The molecule has 24 heteroatoms. The summed E-state index contributed by atoms with van der Waals surface area (Å²) >= 11 is 10.6. The van der Waals surface area contributed by atoms with Crippen molar-refractivity contribution in [2.24, 2.45) is 5.73 Å². The van der Waals surface area contributed by atoms with Crippen LogP contribution < -0.4 is 25.7 Å². The Morgan fingerprint density at radius 1 is 0.581 bits per heavy atom. The van der Waals surface area contributed by atoms with Crippen LogP contribution in [0.2, 0.25) is 0 Å². The first kappa shape index (κ1) is 71.8. The van der Waals surface area contributed by atoms with Gasteiger partial charge in [-0.15, -0.1) is 23.2 Å². The molecule has 9 rings (SSSR count). The van der Waals surface area contributed by atoms with Crippen LogP contribution in [0.4, 0.5) is 17.1 Å². The number of benzene rings is 4. The van der Waals surface area contributed by atoms with Crippen LogP contribution >= 0.6 is 23.2 Å². The Hall–Kier alpha value is -4.95. The van der Waals surface area contributed by atoms with Crippen molar-refractivity contribution in [2.75, 3.05) is 151 Å². The highest BCUT2D eigenvalue weighted by molar-refractivity contribution is 7.86. The number of methoxy groups -OCH3 is 3. The third-order valence-corrected chi connectivity index (χ3v) is 18.2. The summed E-state index contributed by atoms with van der Waals surface area (Å²) in [6.07, 6.45) is 14.0. The van der Waals surface area contributed by atoms with Gasteiger partial charge in [0.15, 0.2) is 11.5 Å². The van der Waals surface area contributed by atoms with Crippen LogP contribution in [-0.4, -0.2) is 178 Å². The van der Waals surface area contributed by atoms with Crippen LogP contribution in [-0.2, 0) is 49.5 Å². The van der Waals surface area contributed by atoms with Gasteiger partial charge in [-0.3, -0.25) is 34.2 Å². The first-order valence-corrected chi connectivity index (χ1v) is 32.2. The van der Waals surface area contributed by atoms with Crippen LogP contribution in [0.15, 0.2) is 83.8 Å². The molecule has 0 amide bonds. The van der Waals surface area contributed by atoms with Gasteiger partial charge in [-0.1, -0.05) is 74.4 Å². The lowest BCUT2D eigenvalue weighted by atomic mass is 9.78. The normalized spacial score (nSPS) is 17.9. The van der Waals surface area contributed by atoms with Crippen LogP contribution in [0.1, 0.15) is 99.3 Å². The maximum atomic E-state index is 11.7. The van der Waals surface area contributed by atoms with E-state index < -0.39 is 15.0 Å². The van der Waals surface area contributed by atoms with Crippen molar-refractivity contribution >= 4 is 50.4 Å². The fourth-order valence-corrected chi connectivity index (χ4v) is 13.1. The molecular weight excluding hydrogens is 1170 g/mol. The topological polar surface area (TPSA) is 273 Å². The standard InChI is InChI=1S/C17H24N2O4.C17H26N2O2.C13H18N2O3.C11H15ClO4S.C4H9ClO2/c1-22-16-5-4-14(12-15(16)19(20)21)17(6-2-3-7-17)13-18-8-10-23-11-9-18;1-20-16-5-4-14(12-15(16)18)17(6-2-3-7-17)13-19-8-10-21-11-9-19;1-18-12-5-4-10(8-11(12)15(16)17)13(9-14)6-2-3-7-13;1-10-2-4-11(5-3-10)17(13,14)16-9-8-15-7-6-12;5-1-3-7-4-2-6/h4-5,12H,2-3,6-11,13H2,1H3;4-5,12H,2-3,6-11,13,18H2,1H3;4-5,8H,2-3,6-7,9,14H2,1H3;2-5H,6-9H2,1H3;6H,1-4H2. The highest BCUT2D eigenvalue weighted by Gasteiger charge is 2.40. The fraction of sp³-hybridized carbons (Fsp3) is 0.613. The number of nitro groups is 2. The van der Waals surface area contributed by atoms with Crippen molar-refractivity contribution in [3.8, 4) is 17.2 Å². The number of aliphatic hydroxyl groups excluding tert-OH is 1. The summed E-state index contributed by atoms with van der Waals surface area (Å²) in [5.74, 6) is 2.29. The van der Waals surface area contributed by atoms with Gasteiger partial charge in [0.2, 0.25) is 0 Å². The molecule has 2 saturated heterocycles. The number of nitro benzene ring substituents is 2. The van der Waals surface area contributed by atoms with E-state index in [-0.39, 0.29) is 57.3 Å². The Bertz CT molecular complexity index is 2750. The second-order valence-electron chi connectivity index (χ2n) is 22.1. The van der Waals surface area contributed by atoms with Crippen LogP contribution in [0.25, 0.3) is 0 Å². The lowest BCUT2D eigenvalue weighted by molar-refractivity contribution is -0.386. The number of nitrogens with two attached hydrogens (primary N) is 2. The minimum Gasteiger partial charge on any atom is -0.495 e. The fourth-order valence-electron chi connectivity index (χ4n) is 12.0. The Balaban J connectivity index is 0.000000203. The summed E-state index contributed by atoms with van der Waals surface area (Å²) in [7, 11) is 0.908. The van der Waals surface area contributed by atoms with Gasteiger partial charge in [-0.2, -0.15) is 8.42 Å². The smallest absolute Gasteiger partial charge is 0.311 e. The zero-order valence-corrected chi connectivity index (χ0v) is 53.0. The number of alkyl halides is 2. The molecule has 3 saturated carbocycles. The number of ether oxygens (including phenoxy) is 7. The van der Waals surface area contributed by atoms with Crippen molar-refractivity contribution < 1.29 is 60.7 Å². The Kier molecular flexibility index (Phi) is 31.0. The van der Waals surface area contributed by atoms with E-state index in [0.29, 0.717) is 49.6 Å². The number of halogens is 2. The van der Waals surface area contributed by atoms with Crippen LogP contribution in [0, 0.1) is 27.2 Å². The van der Waals surface area contributed by atoms with Crippen molar-refractivity contribution in [1.82, 2.24) is 9.80 Å². The molecule has 4 aromatic carbocycles. The van der Waals surface area contributed by atoms with Gasteiger partial charge in [0.05, 0.1) is 108 Å². The average Bonchev–Trinajstić information content (AvgIpc) is 2.11. The van der Waals surface area contributed by atoms with Crippen molar-refractivity contribution in [3.63, 3.8) is 0 Å². The molecule has 5 N–H and O–H groups in total. The number of aryl methyl sites for hydroxylation is 1. The molecule has 0 bridgehead atoms. The molecular formula is C62H92Cl2N6O15S. The molecule has 2 heterocycles. The van der Waals surface area contributed by atoms with Crippen molar-refractivity contribution in [3.05, 3.63) is 121 Å². The molecule has 5 fully saturated rings. The Morgan fingerprint density at radius 2 is 0.977 bits per heavy atom. The second-order valence-corrected chi connectivity index (χ2v) is 24.5. The summed E-state index contributed by atoms with van der Waals surface area (Å²) in [4.78, 5) is 26.8. The first-order chi connectivity index (χ1) is 41.5. The van der Waals surface area contributed by atoms with Crippen LogP contribution in [0.3, 0.4) is 0 Å². The number of anilines is 1. The maximum Gasteiger partial charge on any atom is 0.311 e. The third-order valence-electron chi connectivity index (χ3n) is 16.6. The number of aliphatic hydroxyl groups is 1. The molecule has 2 aliphatic heterocycles. The lowest BCUT2D eigenvalue weighted by Gasteiger charge is -2.37. The molecule has 21 nitrogen and oxygen atoms in total. The van der Waals surface area contributed by atoms with Gasteiger partial charge < -0.3 is 49.7 Å². The van der Waals surface area contributed by atoms with E-state index in [0.717, 1.165) is 132 Å². The summed E-state index contributed by atoms with van der Waals surface area (Å²) in [6.45, 7) is 13.4. The number of nitrogens with zero attached hydrogens (tertiary/aromatic N) is 4. The summed E-state index contributed by atoms with van der Waals surface area (Å²) in [5.41, 5.74) is 17.5. The number of hydrogen-bond donors (Lipinski definition) is 3. The predicted molar refractivity (Wildman–Crippen MR) is 335 cm³/mol. The molecule has 0 spiro atoms. The number of nitrogen functional groups attached to an aromatic ring is 1. The quantitative estimate of drug-likeness (QED) is 0.0147. The lowest BCUT2D eigenvalue weighted by Crippen LogP contribution is -2.44. The molecule has 86 heavy (non-hydrogen) atoms. The van der Waals surface area contributed by atoms with E-state index in [4.69, 9.17) is 77.1 Å². The summed E-state index contributed by atoms with van der Waals surface area (Å²) < 4.78 is 64.3. The van der Waals surface area contributed by atoms with E-state index >= 15 is 0 Å². The van der Waals surface area contributed by atoms with E-state index in [9.17, 15) is 28.6 Å². The molecule has 0 radical (unpaired) electrons. The highest BCUT2D eigenvalue weighted by atomic mass is 35.5. The van der Waals surface area contributed by atoms with Gasteiger partial charge in [0, 0.05) is 86.0 Å². The zero-order chi connectivity index (χ0) is 62.4. The molecule has 4 aromatic rings.